The highest BCUT2D eigenvalue weighted by Gasteiger charge is 2.20. The van der Waals surface area contributed by atoms with Gasteiger partial charge in [0.25, 0.3) is 0 Å². The largest absolute Gasteiger partial charge is 0.368 e. The van der Waals surface area contributed by atoms with E-state index >= 15 is 0 Å². The minimum atomic E-state index is -0.396. The molecule has 126 valence electrons. The molecule has 25 heavy (non-hydrogen) atoms. The number of nitrogens with zero attached hydrogens (tertiary/aromatic N) is 4. The van der Waals surface area contributed by atoms with Crippen molar-refractivity contribution < 1.29 is 4.79 Å². The van der Waals surface area contributed by atoms with Crippen molar-refractivity contribution >= 4 is 28.3 Å². The number of rotatable bonds is 3. The predicted octanol–water partition coefficient (Wildman–Crippen LogP) is 2.06. The van der Waals surface area contributed by atoms with Crippen LogP contribution < -0.4 is 15.5 Å². The summed E-state index contributed by atoms with van der Waals surface area (Å²) in [5, 5.41) is 1.09. The highest BCUT2D eigenvalue weighted by Crippen LogP contribution is 2.25. The van der Waals surface area contributed by atoms with E-state index in [1.165, 1.54) is 0 Å². The van der Waals surface area contributed by atoms with Gasteiger partial charge in [0.2, 0.25) is 5.91 Å². The van der Waals surface area contributed by atoms with Gasteiger partial charge in [-0.25, -0.2) is 9.97 Å². The summed E-state index contributed by atoms with van der Waals surface area (Å²) in [4.78, 5) is 24.6. The molecule has 0 saturated carbocycles. The van der Waals surface area contributed by atoms with Crippen LogP contribution in [0.3, 0.4) is 0 Å². The van der Waals surface area contributed by atoms with Gasteiger partial charge in [-0.05, 0) is 36.4 Å². The van der Waals surface area contributed by atoms with Gasteiger partial charge < -0.3 is 15.5 Å². The number of benzene rings is 2. The summed E-state index contributed by atoms with van der Waals surface area (Å²) in [6, 6.07) is 15.6. The normalized spacial score (nSPS) is 14.7. The number of nitrogens with two attached hydrogens (primary N) is 1. The third kappa shape index (κ3) is 2.98. The van der Waals surface area contributed by atoms with Crippen molar-refractivity contribution in [3.05, 3.63) is 60.4 Å². The van der Waals surface area contributed by atoms with Crippen molar-refractivity contribution in [2.45, 2.75) is 0 Å². The highest BCUT2D eigenvalue weighted by atomic mass is 16.1. The SMILES string of the molecule is NC(=O)c1ccc(N2CCN(c3ncnc4ccccc34)CC2)cc1. The number of hydrogen-bond donors (Lipinski definition) is 1. The van der Waals surface area contributed by atoms with E-state index in [9.17, 15) is 4.79 Å². The van der Waals surface area contributed by atoms with Crippen molar-refractivity contribution in [1.82, 2.24) is 9.97 Å². The Bertz CT molecular complexity index is 896. The fourth-order valence-corrected chi connectivity index (χ4v) is 3.26. The molecule has 0 aliphatic carbocycles. The van der Waals surface area contributed by atoms with E-state index < -0.39 is 5.91 Å². The number of anilines is 2. The lowest BCUT2D eigenvalue weighted by atomic mass is 10.1. The third-order valence-electron chi connectivity index (χ3n) is 4.62. The van der Waals surface area contributed by atoms with Crippen LogP contribution in [0.2, 0.25) is 0 Å². The molecule has 4 rings (SSSR count). The van der Waals surface area contributed by atoms with E-state index in [0.29, 0.717) is 5.56 Å². The number of piperazine rings is 1. The van der Waals surface area contributed by atoms with Crippen LogP contribution in [0.1, 0.15) is 10.4 Å². The number of carbonyl (C=O) groups excluding carboxylic acids is 1. The van der Waals surface area contributed by atoms with E-state index in [4.69, 9.17) is 5.73 Å². The monoisotopic (exact) mass is 333 g/mol. The van der Waals surface area contributed by atoms with Crippen LogP contribution in [-0.2, 0) is 0 Å². The molecule has 2 N–H and O–H groups in total. The fourth-order valence-electron chi connectivity index (χ4n) is 3.26. The maximum absolute atomic E-state index is 11.2. The van der Waals surface area contributed by atoms with Gasteiger partial charge in [0, 0.05) is 42.8 Å². The van der Waals surface area contributed by atoms with Gasteiger partial charge in [-0.3, -0.25) is 4.79 Å². The van der Waals surface area contributed by atoms with Crippen molar-refractivity contribution in [2.75, 3.05) is 36.0 Å². The minimum absolute atomic E-state index is 0.396. The summed E-state index contributed by atoms with van der Waals surface area (Å²) in [6.07, 6.45) is 1.63. The summed E-state index contributed by atoms with van der Waals surface area (Å²) >= 11 is 0. The lowest BCUT2D eigenvalue weighted by molar-refractivity contribution is 0.100. The van der Waals surface area contributed by atoms with Gasteiger partial charge in [-0.2, -0.15) is 0 Å². The first-order chi connectivity index (χ1) is 12.2. The maximum Gasteiger partial charge on any atom is 0.248 e. The van der Waals surface area contributed by atoms with Crippen LogP contribution in [-0.4, -0.2) is 42.1 Å². The van der Waals surface area contributed by atoms with E-state index in [0.717, 1.165) is 48.6 Å². The molecule has 1 aliphatic heterocycles. The van der Waals surface area contributed by atoms with Crippen LogP contribution in [0.15, 0.2) is 54.9 Å². The first-order valence-electron chi connectivity index (χ1n) is 8.32. The van der Waals surface area contributed by atoms with Gasteiger partial charge in [0.1, 0.15) is 12.1 Å². The smallest absolute Gasteiger partial charge is 0.248 e. The summed E-state index contributed by atoms with van der Waals surface area (Å²) in [6.45, 7) is 3.57. The zero-order valence-corrected chi connectivity index (χ0v) is 13.8. The molecule has 1 saturated heterocycles. The Morgan fingerprint density at radius 1 is 0.880 bits per heavy atom. The van der Waals surface area contributed by atoms with Crippen LogP contribution in [0.5, 0.6) is 0 Å². The molecule has 0 spiro atoms. The number of carbonyl (C=O) groups is 1. The predicted molar refractivity (Wildman–Crippen MR) is 98.9 cm³/mol. The van der Waals surface area contributed by atoms with Crippen molar-refractivity contribution in [2.24, 2.45) is 5.73 Å². The molecule has 0 radical (unpaired) electrons. The topological polar surface area (TPSA) is 75.4 Å². The molecule has 2 aromatic carbocycles. The van der Waals surface area contributed by atoms with Crippen LogP contribution in [0.4, 0.5) is 11.5 Å². The summed E-state index contributed by atoms with van der Waals surface area (Å²) in [5.74, 6) is 0.598. The Kier molecular flexibility index (Phi) is 3.93. The van der Waals surface area contributed by atoms with Gasteiger partial charge in [0.05, 0.1) is 5.52 Å². The van der Waals surface area contributed by atoms with E-state index in [1.54, 1.807) is 18.5 Å². The molecule has 1 aliphatic rings. The van der Waals surface area contributed by atoms with E-state index in [2.05, 4.69) is 25.8 Å². The highest BCUT2D eigenvalue weighted by molar-refractivity contribution is 5.93. The average Bonchev–Trinajstić information content (AvgIpc) is 2.68. The Morgan fingerprint density at radius 2 is 1.56 bits per heavy atom. The van der Waals surface area contributed by atoms with Gasteiger partial charge in [0.15, 0.2) is 0 Å². The Labute approximate surface area is 145 Å². The Hall–Kier alpha value is -3.15. The lowest BCUT2D eigenvalue weighted by Crippen LogP contribution is -2.46. The van der Waals surface area contributed by atoms with E-state index in [-0.39, 0.29) is 0 Å². The molecule has 0 bridgehead atoms. The number of aromatic nitrogens is 2. The van der Waals surface area contributed by atoms with Crippen LogP contribution in [0, 0.1) is 0 Å². The second kappa shape index (κ2) is 6.39. The minimum Gasteiger partial charge on any atom is -0.368 e. The molecule has 0 atom stereocenters. The average molecular weight is 333 g/mol. The fraction of sp³-hybridized carbons (Fsp3) is 0.211. The first-order valence-corrected chi connectivity index (χ1v) is 8.32. The number of primary amides is 1. The number of amides is 1. The molecule has 1 aromatic heterocycles. The number of para-hydroxylation sites is 1. The summed E-state index contributed by atoms with van der Waals surface area (Å²) < 4.78 is 0. The number of hydrogen-bond acceptors (Lipinski definition) is 5. The molecular formula is C19H19N5O. The molecule has 3 aromatic rings. The van der Waals surface area contributed by atoms with Gasteiger partial charge in [-0.15, -0.1) is 0 Å². The molecule has 1 fully saturated rings. The van der Waals surface area contributed by atoms with Crippen molar-refractivity contribution in [3.8, 4) is 0 Å². The summed E-state index contributed by atoms with van der Waals surface area (Å²) in [7, 11) is 0. The van der Waals surface area contributed by atoms with Gasteiger partial charge in [-0.1, -0.05) is 12.1 Å². The first kappa shape index (κ1) is 15.4. The van der Waals surface area contributed by atoms with Crippen molar-refractivity contribution in [1.29, 1.82) is 0 Å². The molecule has 6 nitrogen and oxygen atoms in total. The van der Waals surface area contributed by atoms with Gasteiger partial charge >= 0.3 is 0 Å². The maximum atomic E-state index is 11.2. The lowest BCUT2D eigenvalue weighted by Gasteiger charge is -2.37. The Morgan fingerprint density at radius 3 is 2.28 bits per heavy atom. The zero-order valence-electron chi connectivity index (χ0n) is 13.8. The Balaban J connectivity index is 1.50. The van der Waals surface area contributed by atoms with Crippen molar-refractivity contribution in [3.63, 3.8) is 0 Å². The molecule has 6 heteroatoms. The molecule has 0 unspecified atom stereocenters. The molecule has 1 amide bonds. The molecular weight excluding hydrogens is 314 g/mol. The third-order valence-corrected chi connectivity index (χ3v) is 4.62. The van der Waals surface area contributed by atoms with E-state index in [1.807, 2.05) is 30.3 Å². The second-order valence-corrected chi connectivity index (χ2v) is 6.10. The van der Waals surface area contributed by atoms with Crippen LogP contribution >= 0.6 is 0 Å². The standard InChI is InChI=1S/C19H19N5O/c20-18(25)14-5-7-15(8-6-14)23-9-11-24(12-10-23)19-16-3-1-2-4-17(16)21-13-22-19/h1-8,13H,9-12H2,(H2,20,25). The van der Waals surface area contributed by atoms with Crippen LogP contribution in [0.25, 0.3) is 10.9 Å². The molecule has 2 heterocycles. The summed E-state index contributed by atoms with van der Waals surface area (Å²) in [5.41, 5.74) is 7.91. The quantitative estimate of drug-likeness (QED) is 0.794. The number of fused-ring (bicyclic) bond motifs is 1. The second-order valence-electron chi connectivity index (χ2n) is 6.10. The zero-order chi connectivity index (χ0) is 17.2.